The van der Waals surface area contributed by atoms with Gasteiger partial charge in [-0.1, -0.05) is 21.1 Å². The second-order valence-corrected chi connectivity index (χ2v) is 5.56. The molecule has 0 aliphatic carbocycles. The molecule has 0 aromatic heterocycles. The Morgan fingerprint density at radius 2 is 2.22 bits per heavy atom. The van der Waals surface area contributed by atoms with Crippen LogP contribution >= 0.6 is 31.9 Å². The molecule has 18 heavy (non-hydrogen) atoms. The van der Waals surface area contributed by atoms with E-state index >= 15 is 0 Å². The van der Waals surface area contributed by atoms with E-state index in [9.17, 15) is 4.79 Å². The third kappa shape index (κ3) is 4.30. The molecule has 0 saturated heterocycles. The second kappa shape index (κ2) is 6.75. The summed E-state index contributed by atoms with van der Waals surface area (Å²) in [4.78, 5) is 12.0. The molecule has 1 unspecified atom stereocenters. The van der Waals surface area contributed by atoms with Crippen molar-refractivity contribution in [2.75, 3.05) is 0 Å². The lowest BCUT2D eigenvalue weighted by Gasteiger charge is -2.13. The highest BCUT2D eigenvalue weighted by atomic mass is 79.9. The summed E-state index contributed by atoms with van der Waals surface area (Å²) < 4.78 is 1.58. The molecule has 0 radical (unpaired) electrons. The van der Waals surface area contributed by atoms with Crippen LogP contribution in [-0.2, 0) is 0 Å². The van der Waals surface area contributed by atoms with Crippen molar-refractivity contribution in [2.24, 2.45) is 10.9 Å². The average Bonchev–Trinajstić information content (AvgIpc) is 2.28. The van der Waals surface area contributed by atoms with Gasteiger partial charge in [-0.25, -0.2) is 0 Å². The molecule has 1 amide bonds. The molecule has 1 rings (SSSR count). The van der Waals surface area contributed by atoms with Crippen molar-refractivity contribution in [2.45, 2.75) is 19.4 Å². The number of nitrogens with one attached hydrogen (secondary N) is 1. The number of carbonyl (C=O) groups is 1. The normalized spacial score (nSPS) is 13.2. The fourth-order valence-electron chi connectivity index (χ4n) is 1.38. The Hall–Kier alpha value is -1.08. The number of rotatable bonds is 4. The summed E-state index contributed by atoms with van der Waals surface area (Å²) in [6.07, 6.45) is 0.288. The van der Waals surface area contributed by atoms with Crippen LogP contribution in [0.25, 0.3) is 0 Å². The number of benzene rings is 1. The van der Waals surface area contributed by atoms with Gasteiger partial charge in [0.25, 0.3) is 5.91 Å². The molecule has 0 aliphatic heterocycles. The molecule has 7 heteroatoms. The highest BCUT2D eigenvalue weighted by Crippen LogP contribution is 2.21. The van der Waals surface area contributed by atoms with Crippen LogP contribution in [0.4, 0.5) is 0 Å². The van der Waals surface area contributed by atoms with E-state index in [1.54, 1.807) is 25.1 Å². The number of hydrogen-bond acceptors (Lipinski definition) is 3. The lowest BCUT2D eigenvalue weighted by Crippen LogP contribution is -2.35. The summed E-state index contributed by atoms with van der Waals surface area (Å²) >= 11 is 6.64. The minimum Gasteiger partial charge on any atom is -0.409 e. The summed E-state index contributed by atoms with van der Waals surface area (Å²) in [7, 11) is 0. The Balaban J connectivity index is 2.71. The van der Waals surface area contributed by atoms with Crippen molar-refractivity contribution < 1.29 is 10.0 Å². The van der Waals surface area contributed by atoms with Gasteiger partial charge in [0.05, 0.1) is 5.56 Å². The van der Waals surface area contributed by atoms with Crippen LogP contribution in [0.2, 0.25) is 0 Å². The van der Waals surface area contributed by atoms with E-state index in [2.05, 4.69) is 42.3 Å². The van der Waals surface area contributed by atoms with Crippen molar-refractivity contribution in [3.63, 3.8) is 0 Å². The third-order valence-corrected chi connectivity index (χ3v) is 3.35. The Labute approximate surface area is 122 Å². The number of carbonyl (C=O) groups excluding carboxylic acids is 1. The van der Waals surface area contributed by atoms with Crippen LogP contribution in [0.1, 0.15) is 23.7 Å². The van der Waals surface area contributed by atoms with Gasteiger partial charge in [-0.2, -0.15) is 0 Å². The van der Waals surface area contributed by atoms with Crippen molar-refractivity contribution >= 4 is 43.6 Å². The van der Waals surface area contributed by atoms with E-state index < -0.39 is 0 Å². The van der Waals surface area contributed by atoms with E-state index in [0.717, 1.165) is 4.47 Å². The monoisotopic (exact) mass is 377 g/mol. The maximum atomic E-state index is 12.0. The number of amidine groups is 1. The molecule has 0 aliphatic rings. The standard InChI is InChI=1S/C11H13Br2N3O2/c1-6(4-10(14)16-18)15-11(17)8-3-2-7(12)5-9(8)13/h2-3,5-6,18H,4H2,1H3,(H2,14,16)(H,15,17). The third-order valence-electron chi connectivity index (χ3n) is 2.20. The predicted octanol–water partition coefficient (Wildman–Crippen LogP) is 2.47. The van der Waals surface area contributed by atoms with E-state index in [0.29, 0.717) is 10.0 Å². The van der Waals surface area contributed by atoms with E-state index in [1.165, 1.54) is 0 Å². The highest BCUT2D eigenvalue weighted by molar-refractivity contribution is 9.11. The molecule has 4 N–H and O–H groups in total. The lowest BCUT2D eigenvalue weighted by molar-refractivity contribution is 0.0940. The van der Waals surface area contributed by atoms with Crippen LogP contribution < -0.4 is 11.1 Å². The fourth-order valence-corrected chi connectivity index (χ4v) is 2.61. The first-order chi connectivity index (χ1) is 8.43. The van der Waals surface area contributed by atoms with Crippen molar-refractivity contribution in [1.29, 1.82) is 0 Å². The van der Waals surface area contributed by atoms with E-state index in [-0.39, 0.29) is 24.2 Å². The maximum absolute atomic E-state index is 12.0. The number of nitrogens with zero attached hydrogens (tertiary/aromatic N) is 1. The molecular weight excluding hydrogens is 366 g/mol. The lowest BCUT2D eigenvalue weighted by atomic mass is 10.1. The van der Waals surface area contributed by atoms with Gasteiger partial charge >= 0.3 is 0 Å². The Morgan fingerprint density at radius 3 is 2.78 bits per heavy atom. The summed E-state index contributed by atoms with van der Waals surface area (Å²) in [5.74, 6) is -0.134. The topological polar surface area (TPSA) is 87.7 Å². The minimum absolute atomic E-state index is 0.0812. The quantitative estimate of drug-likeness (QED) is 0.325. The summed E-state index contributed by atoms with van der Waals surface area (Å²) in [6.45, 7) is 1.78. The van der Waals surface area contributed by atoms with Crippen LogP contribution in [0.15, 0.2) is 32.3 Å². The number of oxime groups is 1. The second-order valence-electron chi connectivity index (χ2n) is 3.79. The molecule has 0 fully saturated rings. The molecule has 98 valence electrons. The molecule has 5 nitrogen and oxygen atoms in total. The number of nitrogens with two attached hydrogens (primary N) is 1. The Bertz CT molecular complexity index is 477. The molecule has 0 heterocycles. The zero-order valence-electron chi connectivity index (χ0n) is 9.65. The average molecular weight is 379 g/mol. The molecular formula is C11H13Br2N3O2. The van der Waals surface area contributed by atoms with Gasteiger partial charge in [0.2, 0.25) is 0 Å². The molecule has 1 aromatic rings. The van der Waals surface area contributed by atoms with Crippen molar-refractivity contribution in [3.05, 3.63) is 32.7 Å². The first-order valence-corrected chi connectivity index (χ1v) is 6.75. The molecule has 1 aromatic carbocycles. The number of halogens is 2. The fraction of sp³-hybridized carbons (Fsp3) is 0.273. The Morgan fingerprint density at radius 1 is 1.56 bits per heavy atom. The maximum Gasteiger partial charge on any atom is 0.252 e. The zero-order valence-corrected chi connectivity index (χ0v) is 12.8. The van der Waals surface area contributed by atoms with Gasteiger partial charge in [-0.15, -0.1) is 0 Å². The van der Waals surface area contributed by atoms with Gasteiger partial charge in [0.15, 0.2) is 0 Å². The molecule has 0 bridgehead atoms. The number of amides is 1. The van der Waals surface area contributed by atoms with Crippen LogP contribution in [0.3, 0.4) is 0 Å². The van der Waals surface area contributed by atoms with Gasteiger partial charge in [-0.3, -0.25) is 4.79 Å². The van der Waals surface area contributed by atoms with Crippen LogP contribution in [0.5, 0.6) is 0 Å². The van der Waals surface area contributed by atoms with Crippen molar-refractivity contribution in [1.82, 2.24) is 5.32 Å². The van der Waals surface area contributed by atoms with Gasteiger partial charge in [-0.05, 0) is 41.1 Å². The largest absolute Gasteiger partial charge is 0.409 e. The smallest absolute Gasteiger partial charge is 0.252 e. The Kier molecular flexibility index (Phi) is 5.61. The molecule has 1 atom stereocenters. The van der Waals surface area contributed by atoms with Gasteiger partial charge in [0.1, 0.15) is 5.84 Å². The summed E-state index contributed by atoms with van der Waals surface area (Å²) in [5.41, 5.74) is 5.90. The molecule has 0 saturated carbocycles. The van der Waals surface area contributed by atoms with Crippen LogP contribution in [0, 0.1) is 0 Å². The first kappa shape index (κ1) is 15.0. The minimum atomic E-state index is -0.219. The SMILES string of the molecule is CC(C/C(N)=N/O)NC(=O)c1ccc(Br)cc1Br. The number of hydrogen-bond donors (Lipinski definition) is 3. The zero-order chi connectivity index (χ0) is 13.7. The summed E-state index contributed by atoms with van der Waals surface area (Å²) in [6, 6.07) is 5.07. The first-order valence-electron chi connectivity index (χ1n) is 5.16. The van der Waals surface area contributed by atoms with E-state index in [4.69, 9.17) is 10.9 Å². The highest BCUT2D eigenvalue weighted by Gasteiger charge is 2.13. The molecule has 0 spiro atoms. The van der Waals surface area contributed by atoms with Crippen molar-refractivity contribution in [3.8, 4) is 0 Å². The van der Waals surface area contributed by atoms with Gasteiger partial charge in [0, 0.05) is 21.4 Å². The van der Waals surface area contributed by atoms with Gasteiger partial charge < -0.3 is 16.3 Å². The summed E-state index contributed by atoms with van der Waals surface area (Å²) in [5, 5.41) is 14.1. The predicted molar refractivity (Wildman–Crippen MR) is 76.8 cm³/mol. The van der Waals surface area contributed by atoms with E-state index in [1.807, 2.05) is 0 Å². The van der Waals surface area contributed by atoms with Crippen LogP contribution in [-0.4, -0.2) is 23.0 Å².